The number of carbonyl (C=O) groups is 2. The van der Waals surface area contributed by atoms with E-state index in [2.05, 4.69) is 4.90 Å². The summed E-state index contributed by atoms with van der Waals surface area (Å²) < 4.78 is 0. The minimum absolute atomic E-state index is 0. The average molecular weight is 469 g/mol. The number of hydrogen-bond acceptors (Lipinski definition) is 4. The number of phenols is 1. The summed E-state index contributed by atoms with van der Waals surface area (Å²) >= 11 is 0. The van der Waals surface area contributed by atoms with E-state index in [0.29, 0.717) is 24.5 Å². The van der Waals surface area contributed by atoms with E-state index in [-0.39, 0.29) is 24.1 Å². The molecule has 0 radical (unpaired) electrons. The summed E-state index contributed by atoms with van der Waals surface area (Å²) in [5, 5.41) is 9.94. The number of aryl methyl sites for hydroxylation is 1. The highest BCUT2D eigenvalue weighted by Crippen LogP contribution is 2.38. The molecule has 0 saturated carbocycles. The lowest BCUT2D eigenvalue weighted by atomic mass is 9.89. The van der Waals surface area contributed by atoms with Crippen LogP contribution in [0.25, 0.3) is 0 Å². The molecule has 3 aliphatic heterocycles. The zero-order valence-corrected chi connectivity index (χ0v) is 19.9. The zero-order valence-electron chi connectivity index (χ0n) is 19.1. The standard InChI is InChI=1S/C27H32N2O3.ClH/c30-24-4-2-1-3-20(24)11-15-28-13-9-19(10-14-28)5-7-25(31)23-17-21-6-8-26(32)29-16-12-22(18-23)27(21)29;/h1-4,17-19,30H,5-16H2;1H. The predicted molar refractivity (Wildman–Crippen MR) is 133 cm³/mol. The summed E-state index contributed by atoms with van der Waals surface area (Å²) in [6.45, 7) is 3.88. The lowest BCUT2D eigenvalue weighted by Gasteiger charge is -2.32. The van der Waals surface area contributed by atoms with Gasteiger partial charge in [0.2, 0.25) is 5.91 Å². The maximum atomic E-state index is 13.0. The molecule has 2 aromatic carbocycles. The highest BCUT2D eigenvalue weighted by Gasteiger charge is 2.32. The number of amides is 1. The number of anilines is 1. The first-order valence-corrected chi connectivity index (χ1v) is 12.1. The van der Waals surface area contributed by atoms with E-state index in [1.807, 2.05) is 35.2 Å². The van der Waals surface area contributed by atoms with E-state index in [4.69, 9.17) is 0 Å². The number of nitrogens with zero attached hydrogens (tertiary/aromatic N) is 2. The van der Waals surface area contributed by atoms with E-state index in [1.165, 1.54) is 11.1 Å². The Morgan fingerprint density at radius 2 is 1.73 bits per heavy atom. The fourth-order valence-electron chi connectivity index (χ4n) is 5.60. The molecule has 1 amide bonds. The molecule has 1 N–H and O–H groups in total. The highest BCUT2D eigenvalue weighted by molar-refractivity contribution is 6.02. The minimum atomic E-state index is 0. The number of hydrogen-bond donors (Lipinski definition) is 1. The summed E-state index contributed by atoms with van der Waals surface area (Å²) in [5.41, 5.74) is 5.31. The van der Waals surface area contributed by atoms with Crippen molar-refractivity contribution in [3.05, 3.63) is 58.7 Å². The molecule has 1 fully saturated rings. The van der Waals surface area contributed by atoms with Crippen LogP contribution in [-0.2, 0) is 24.1 Å². The number of aromatic hydroxyl groups is 1. The van der Waals surface area contributed by atoms with Gasteiger partial charge in [-0.15, -0.1) is 12.4 Å². The lowest BCUT2D eigenvalue weighted by Crippen LogP contribution is -2.35. The molecule has 6 heteroatoms. The van der Waals surface area contributed by atoms with E-state index >= 15 is 0 Å². The maximum absolute atomic E-state index is 13.0. The molecule has 0 atom stereocenters. The molecule has 2 aromatic rings. The molecular formula is C27H33ClN2O3. The van der Waals surface area contributed by atoms with Gasteiger partial charge in [-0.05, 0) is 92.4 Å². The van der Waals surface area contributed by atoms with E-state index in [1.54, 1.807) is 6.07 Å². The number of benzene rings is 2. The van der Waals surface area contributed by atoms with E-state index in [9.17, 15) is 14.7 Å². The third-order valence-electron chi connectivity index (χ3n) is 7.55. The number of halogens is 1. The number of Topliss-reactive ketones (excluding diaryl/α,β-unsaturated/α-hetero) is 1. The first kappa shape index (κ1) is 23.8. The van der Waals surface area contributed by atoms with Crippen molar-refractivity contribution < 1.29 is 14.7 Å². The summed E-state index contributed by atoms with van der Waals surface area (Å²) in [7, 11) is 0. The van der Waals surface area contributed by atoms with Gasteiger partial charge in [-0.1, -0.05) is 18.2 Å². The van der Waals surface area contributed by atoms with Crippen LogP contribution < -0.4 is 4.90 Å². The summed E-state index contributed by atoms with van der Waals surface area (Å²) in [4.78, 5) is 29.5. The van der Waals surface area contributed by atoms with Crippen LogP contribution in [0.4, 0.5) is 5.69 Å². The molecule has 5 nitrogen and oxygen atoms in total. The molecule has 0 bridgehead atoms. The van der Waals surface area contributed by atoms with Crippen LogP contribution in [0.5, 0.6) is 5.75 Å². The summed E-state index contributed by atoms with van der Waals surface area (Å²) in [6, 6.07) is 11.7. The number of phenolic OH excluding ortho intramolecular Hbond substituents is 1. The third-order valence-corrected chi connectivity index (χ3v) is 7.55. The lowest BCUT2D eigenvalue weighted by molar-refractivity contribution is -0.118. The number of para-hydroxylation sites is 1. The van der Waals surface area contributed by atoms with Gasteiger partial charge in [-0.3, -0.25) is 9.59 Å². The molecule has 0 aliphatic carbocycles. The third kappa shape index (κ3) is 5.10. The van der Waals surface area contributed by atoms with Gasteiger partial charge < -0.3 is 14.9 Å². The quantitative estimate of drug-likeness (QED) is 0.605. The molecular weight excluding hydrogens is 436 g/mol. The molecule has 33 heavy (non-hydrogen) atoms. The second-order valence-corrected chi connectivity index (χ2v) is 9.56. The van der Waals surface area contributed by atoms with Crippen molar-refractivity contribution in [2.75, 3.05) is 31.1 Å². The fourth-order valence-corrected chi connectivity index (χ4v) is 5.60. The average Bonchev–Trinajstić information content (AvgIpc) is 3.25. The minimum Gasteiger partial charge on any atom is -0.508 e. The van der Waals surface area contributed by atoms with Gasteiger partial charge in [0.1, 0.15) is 5.75 Å². The Bertz CT molecular complexity index is 1030. The van der Waals surface area contributed by atoms with Crippen molar-refractivity contribution in [1.82, 2.24) is 4.90 Å². The Balaban J connectivity index is 0.00000259. The molecule has 0 aromatic heterocycles. The van der Waals surface area contributed by atoms with Crippen LogP contribution in [0, 0.1) is 5.92 Å². The number of likely N-dealkylation sites (tertiary alicyclic amines) is 1. The number of ketones is 1. The van der Waals surface area contributed by atoms with Gasteiger partial charge in [0.25, 0.3) is 0 Å². The van der Waals surface area contributed by atoms with E-state index in [0.717, 1.165) is 81.5 Å². The summed E-state index contributed by atoms with van der Waals surface area (Å²) in [5.74, 6) is 1.48. The van der Waals surface area contributed by atoms with Crippen LogP contribution in [0.15, 0.2) is 36.4 Å². The van der Waals surface area contributed by atoms with Gasteiger partial charge in [0.05, 0.1) is 5.69 Å². The molecule has 3 aliphatic rings. The smallest absolute Gasteiger partial charge is 0.227 e. The first-order valence-electron chi connectivity index (χ1n) is 12.1. The normalized spacial score (nSPS) is 18.2. The monoisotopic (exact) mass is 468 g/mol. The van der Waals surface area contributed by atoms with Crippen LogP contribution in [0.2, 0.25) is 0 Å². The predicted octanol–water partition coefficient (Wildman–Crippen LogP) is 4.57. The second kappa shape index (κ2) is 10.3. The van der Waals surface area contributed by atoms with Gasteiger partial charge >= 0.3 is 0 Å². The van der Waals surface area contributed by atoms with Crippen molar-refractivity contribution >= 4 is 29.8 Å². The Morgan fingerprint density at radius 1 is 1.00 bits per heavy atom. The van der Waals surface area contributed by atoms with Crippen LogP contribution >= 0.6 is 12.4 Å². The van der Waals surface area contributed by atoms with Crippen LogP contribution in [-0.4, -0.2) is 47.9 Å². The zero-order chi connectivity index (χ0) is 22.1. The van der Waals surface area contributed by atoms with Crippen LogP contribution in [0.1, 0.15) is 59.2 Å². The van der Waals surface area contributed by atoms with Crippen molar-refractivity contribution in [2.24, 2.45) is 5.92 Å². The van der Waals surface area contributed by atoms with Crippen molar-refractivity contribution in [3.63, 3.8) is 0 Å². The van der Waals surface area contributed by atoms with E-state index < -0.39 is 0 Å². The Morgan fingerprint density at radius 3 is 2.48 bits per heavy atom. The van der Waals surface area contributed by atoms with Crippen LogP contribution in [0.3, 0.4) is 0 Å². The topological polar surface area (TPSA) is 60.9 Å². The van der Waals surface area contributed by atoms with Gasteiger partial charge in [0.15, 0.2) is 5.78 Å². The Hall–Kier alpha value is -2.37. The van der Waals surface area contributed by atoms with Gasteiger partial charge in [-0.2, -0.15) is 0 Å². The van der Waals surface area contributed by atoms with Gasteiger partial charge in [-0.25, -0.2) is 0 Å². The SMILES string of the molecule is Cl.O=C(CCC1CCN(CCc2ccccc2O)CC1)c1cc2c3c(c1)CCN3C(=O)CC2. The molecule has 176 valence electrons. The highest BCUT2D eigenvalue weighted by atomic mass is 35.5. The molecule has 1 saturated heterocycles. The first-order chi connectivity index (χ1) is 15.6. The molecule has 0 spiro atoms. The fraction of sp³-hybridized carbons (Fsp3) is 0.481. The maximum Gasteiger partial charge on any atom is 0.227 e. The van der Waals surface area contributed by atoms with Crippen molar-refractivity contribution in [1.29, 1.82) is 0 Å². The second-order valence-electron chi connectivity index (χ2n) is 9.56. The number of rotatable bonds is 7. The molecule has 0 unspecified atom stereocenters. The van der Waals surface area contributed by atoms with Gasteiger partial charge in [0, 0.05) is 31.5 Å². The Labute approximate surface area is 202 Å². The molecule has 5 rings (SSSR count). The van der Waals surface area contributed by atoms with Crippen molar-refractivity contribution in [2.45, 2.75) is 51.4 Å². The largest absolute Gasteiger partial charge is 0.508 e. The Kier molecular flexibility index (Phi) is 7.40. The van der Waals surface area contributed by atoms with Crippen molar-refractivity contribution in [3.8, 4) is 5.75 Å². The number of carbonyl (C=O) groups excluding carboxylic acids is 2. The summed E-state index contributed by atoms with van der Waals surface area (Å²) in [6.07, 6.45) is 6.92. The number of piperidine rings is 1. The molecule has 3 heterocycles.